The van der Waals surface area contributed by atoms with Gasteiger partial charge in [0.25, 0.3) is 0 Å². The van der Waals surface area contributed by atoms with Crippen molar-refractivity contribution in [1.82, 2.24) is 0 Å². The van der Waals surface area contributed by atoms with Gasteiger partial charge in [-0.3, -0.25) is 0 Å². The second-order valence-electron chi connectivity index (χ2n) is 3.13. The lowest BCUT2D eigenvalue weighted by Gasteiger charge is -2.04. The minimum absolute atomic E-state index is 0.0409. The van der Waals surface area contributed by atoms with Crippen molar-refractivity contribution >= 4 is 31.7 Å². The monoisotopic (exact) mass is 316 g/mol. The first-order chi connectivity index (χ1) is 7.88. The van der Waals surface area contributed by atoms with Crippen LogP contribution < -0.4 is 0 Å². The summed E-state index contributed by atoms with van der Waals surface area (Å²) in [5, 5.41) is 8.88. The van der Waals surface area contributed by atoms with Crippen molar-refractivity contribution in [2.45, 2.75) is 11.8 Å². The number of sulfone groups is 1. The number of aromatic carboxylic acids is 1. The van der Waals surface area contributed by atoms with E-state index in [9.17, 15) is 13.2 Å². The highest BCUT2D eigenvalue weighted by atomic mass is 79.9. The highest BCUT2D eigenvalue weighted by Gasteiger charge is 2.17. The lowest BCUT2D eigenvalue weighted by atomic mass is 10.2. The first-order valence-electron chi connectivity index (χ1n) is 4.53. The minimum Gasteiger partial charge on any atom is -0.478 e. The molecule has 0 heterocycles. The molecule has 90 valence electrons. The average Bonchev–Trinajstić information content (AvgIpc) is 2.26. The van der Waals surface area contributed by atoms with E-state index < -0.39 is 15.8 Å². The van der Waals surface area contributed by atoms with Gasteiger partial charge in [-0.1, -0.05) is 5.92 Å². The summed E-state index contributed by atoms with van der Waals surface area (Å²) in [6.45, 7) is 1.54. The number of carboxylic acid groups (broad SMARTS) is 1. The molecule has 0 aliphatic rings. The molecule has 0 fully saturated rings. The molecule has 1 N–H and O–H groups in total. The summed E-state index contributed by atoms with van der Waals surface area (Å²) in [5.74, 6) is 3.44. The minimum atomic E-state index is -3.55. The summed E-state index contributed by atoms with van der Waals surface area (Å²) in [5.41, 5.74) is -0.0875. The highest BCUT2D eigenvalue weighted by Crippen LogP contribution is 2.21. The van der Waals surface area contributed by atoms with E-state index in [0.717, 1.165) is 6.07 Å². The molecular formula is C11H9BrO4S. The van der Waals surface area contributed by atoms with Crippen molar-refractivity contribution in [3.63, 3.8) is 0 Å². The fraction of sp³-hybridized carbons (Fsp3) is 0.182. The molecule has 1 aromatic rings. The van der Waals surface area contributed by atoms with Gasteiger partial charge in [0.1, 0.15) is 5.75 Å². The maximum absolute atomic E-state index is 11.8. The SMILES string of the molecule is CC#CCS(=O)(=O)c1ccc(Br)c(C(=O)O)c1. The van der Waals surface area contributed by atoms with Crippen molar-refractivity contribution < 1.29 is 18.3 Å². The van der Waals surface area contributed by atoms with Gasteiger partial charge in [0, 0.05) is 4.47 Å². The molecule has 1 aromatic carbocycles. The van der Waals surface area contributed by atoms with Gasteiger partial charge in [-0.05, 0) is 41.1 Å². The van der Waals surface area contributed by atoms with Crippen molar-refractivity contribution in [2.24, 2.45) is 0 Å². The molecule has 4 nitrogen and oxygen atoms in total. The molecule has 0 amide bonds. The van der Waals surface area contributed by atoms with Crippen LogP contribution in [0.4, 0.5) is 0 Å². The normalized spacial score (nSPS) is 10.5. The molecule has 1 rings (SSSR count). The summed E-state index contributed by atoms with van der Waals surface area (Å²) in [4.78, 5) is 10.8. The van der Waals surface area contributed by atoms with Crippen LogP contribution >= 0.6 is 15.9 Å². The van der Waals surface area contributed by atoms with E-state index in [-0.39, 0.29) is 16.2 Å². The van der Waals surface area contributed by atoms with E-state index in [1.807, 2.05) is 0 Å². The zero-order valence-corrected chi connectivity index (χ0v) is 11.3. The molecule has 0 unspecified atom stereocenters. The maximum atomic E-state index is 11.8. The van der Waals surface area contributed by atoms with Crippen LogP contribution in [-0.2, 0) is 9.84 Å². The van der Waals surface area contributed by atoms with Gasteiger partial charge in [0.15, 0.2) is 9.84 Å². The Bertz CT molecular complexity index is 608. The zero-order valence-electron chi connectivity index (χ0n) is 8.90. The Morgan fingerprint density at radius 3 is 2.65 bits per heavy atom. The molecule has 6 heteroatoms. The Morgan fingerprint density at radius 1 is 1.47 bits per heavy atom. The summed E-state index contributed by atoms with van der Waals surface area (Å²) >= 11 is 3.05. The van der Waals surface area contributed by atoms with Gasteiger partial charge in [0.2, 0.25) is 0 Å². The second-order valence-corrected chi connectivity index (χ2v) is 5.98. The van der Waals surface area contributed by atoms with Crippen LogP contribution in [0, 0.1) is 11.8 Å². The Balaban J connectivity index is 3.28. The van der Waals surface area contributed by atoms with E-state index in [1.165, 1.54) is 12.1 Å². The molecule has 0 saturated heterocycles. The summed E-state index contributed by atoms with van der Waals surface area (Å²) in [6, 6.07) is 3.87. The van der Waals surface area contributed by atoms with Gasteiger partial charge in [-0.2, -0.15) is 0 Å². The van der Waals surface area contributed by atoms with E-state index in [2.05, 4.69) is 27.8 Å². The third-order valence-corrected chi connectivity index (χ3v) is 4.15. The van der Waals surface area contributed by atoms with Crippen molar-refractivity contribution in [1.29, 1.82) is 0 Å². The van der Waals surface area contributed by atoms with Gasteiger partial charge in [-0.25, -0.2) is 13.2 Å². The standard InChI is InChI=1S/C11H9BrO4S/c1-2-3-6-17(15,16)8-4-5-10(12)9(7-8)11(13)14/h4-5,7H,6H2,1H3,(H,13,14). The van der Waals surface area contributed by atoms with Gasteiger partial charge in [0.05, 0.1) is 10.5 Å². The third-order valence-electron chi connectivity index (χ3n) is 1.97. The lowest BCUT2D eigenvalue weighted by molar-refractivity contribution is 0.0695. The summed E-state index contributed by atoms with van der Waals surface area (Å²) in [6.07, 6.45) is 0. The van der Waals surface area contributed by atoms with Crippen molar-refractivity contribution in [3.8, 4) is 11.8 Å². The molecule has 0 aliphatic carbocycles. The average molecular weight is 317 g/mol. The smallest absolute Gasteiger partial charge is 0.336 e. The molecular weight excluding hydrogens is 308 g/mol. The topological polar surface area (TPSA) is 71.4 Å². The highest BCUT2D eigenvalue weighted by molar-refractivity contribution is 9.10. The number of hydrogen-bond donors (Lipinski definition) is 1. The van der Waals surface area contributed by atoms with E-state index in [4.69, 9.17) is 5.11 Å². The largest absolute Gasteiger partial charge is 0.478 e. The van der Waals surface area contributed by atoms with Crippen LogP contribution in [0.25, 0.3) is 0 Å². The van der Waals surface area contributed by atoms with Crippen LogP contribution in [-0.4, -0.2) is 25.2 Å². The van der Waals surface area contributed by atoms with Crippen molar-refractivity contribution in [2.75, 3.05) is 5.75 Å². The Labute approximate surface area is 108 Å². The number of hydrogen-bond acceptors (Lipinski definition) is 3. The molecule has 0 radical (unpaired) electrons. The zero-order chi connectivity index (χ0) is 13.1. The van der Waals surface area contributed by atoms with Gasteiger partial charge >= 0.3 is 5.97 Å². The van der Waals surface area contributed by atoms with Gasteiger partial charge in [-0.15, -0.1) is 5.92 Å². The molecule has 0 aromatic heterocycles. The van der Waals surface area contributed by atoms with E-state index >= 15 is 0 Å². The second kappa shape index (κ2) is 5.34. The summed E-state index contributed by atoms with van der Waals surface area (Å²) < 4.78 is 23.9. The predicted molar refractivity (Wildman–Crippen MR) is 66.6 cm³/mol. The molecule has 0 spiro atoms. The van der Waals surface area contributed by atoms with E-state index in [0.29, 0.717) is 4.47 Å². The van der Waals surface area contributed by atoms with Crippen molar-refractivity contribution in [3.05, 3.63) is 28.2 Å². The first kappa shape index (κ1) is 13.7. The Hall–Kier alpha value is -1.32. The Morgan fingerprint density at radius 2 is 2.12 bits per heavy atom. The predicted octanol–water partition coefficient (Wildman–Crippen LogP) is 1.94. The van der Waals surface area contributed by atoms with Crippen LogP contribution in [0.5, 0.6) is 0 Å². The number of carbonyl (C=O) groups is 1. The number of halogens is 1. The lowest BCUT2D eigenvalue weighted by Crippen LogP contribution is -2.07. The fourth-order valence-corrected chi connectivity index (χ4v) is 2.60. The van der Waals surface area contributed by atoms with Crippen LogP contribution in [0.1, 0.15) is 17.3 Å². The fourth-order valence-electron chi connectivity index (χ4n) is 1.11. The number of carboxylic acids is 1. The molecule has 0 bridgehead atoms. The first-order valence-corrected chi connectivity index (χ1v) is 6.98. The summed E-state index contributed by atoms with van der Waals surface area (Å²) in [7, 11) is -3.55. The van der Waals surface area contributed by atoms with Crippen LogP contribution in [0.3, 0.4) is 0 Å². The van der Waals surface area contributed by atoms with Crippen LogP contribution in [0.2, 0.25) is 0 Å². The van der Waals surface area contributed by atoms with Crippen LogP contribution in [0.15, 0.2) is 27.6 Å². The molecule has 0 atom stereocenters. The quantitative estimate of drug-likeness (QED) is 0.865. The molecule has 0 saturated carbocycles. The molecule has 17 heavy (non-hydrogen) atoms. The number of rotatable bonds is 3. The number of benzene rings is 1. The maximum Gasteiger partial charge on any atom is 0.336 e. The van der Waals surface area contributed by atoms with E-state index in [1.54, 1.807) is 6.92 Å². The van der Waals surface area contributed by atoms with Gasteiger partial charge < -0.3 is 5.11 Å². The third kappa shape index (κ3) is 3.32. The molecule has 0 aliphatic heterocycles. The Kier molecular flexibility index (Phi) is 4.32.